The number of nitrogens with zero attached hydrogens (tertiary/aromatic N) is 1. The summed E-state index contributed by atoms with van der Waals surface area (Å²) in [6, 6.07) is 2.16. The van der Waals surface area contributed by atoms with Crippen LogP contribution >= 0.6 is 11.3 Å². The van der Waals surface area contributed by atoms with Crippen molar-refractivity contribution in [3.05, 3.63) is 34.0 Å². The summed E-state index contributed by atoms with van der Waals surface area (Å²) >= 11 is 1.67. The average molecular weight is 307 g/mol. The van der Waals surface area contributed by atoms with Gasteiger partial charge < -0.3 is 9.64 Å². The maximum absolute atomic E-state index is 12.0. The van der Waals surface area contributed by atoms with Gasteiger partial charge in [-0.05, 0) is 42.9 Å². The van der Waals surface area contributed by atoms with Crippen LogP contribution in [-0.2, 0) is 16.0 Å². The molecule has 1 aromatic rings. The normalized spacial score (nSPS) is 17.6. The fourth-order valence-electron chi connectivity index (χ4n) is 2.73. The quantitative estimate of drug-likeness (QED) is 0.543. The zero-order valence-electron chi connectivity index (χ0n) is 13.0. The molecule has 0 aliphatic heterocycles. The topological polar surface area (TPSA) is 29.5 Å². The molecule has 0 spiro atoms. The van der Waals surface area contributed by atoms with E-state index in [1.165, 1.54) is 16.9 Å². The maximum atomic E-state index is 12.0. The summed E-state index contributed by atoms with van der Waals surface area (Å²) in [6.07, 6.45) is 7.22. The van der Waals surface area contributed by atoms with E-state index in [1.54, 1.807) is 11.3 Å². The highest BCUT2D eigenvalue weighted by Gasteiger charge is 2.18. The zero-order valence-corrected chi connectivity index (χ0v) is 13.8. The number of allylic oxidation sites excluding steroid dienone is 2. The molecule has 0 saturated heterocycles. The first-order valence-electron chi connectivity index (χ1n) is 7.85. The Balaban J connectivity index is 1.80. The molecule has 0 bridgehead atoms. The van der Waals surface area contributed by atoms with Crippen LogP contribution in [0.25, 0.3) is 0 Å². The van der Waals surface area contributed by atoms with Crippen molar-refractivity contribution in [2.24, 2.45) is 0 Å². The van der Waals surface area contributed by atoms with Gasteiger partial charge in [-0.2, -0.15) is 0 Å². The first-order valence-corrected chi connectivity index (χ1v) is 8.73. The smallest absolute Gasteiger partial charge is 0.311 e. The highest BCUT2D eigenvalue weighted by Crippen LogP contribution is 2.33. The number of rotatable bonds is 8. The summed E-state index contributed by atoms with van der Waals surface area (Å²) < 4.78 is 5.38. The second kappa shape index (κ2) is 8.35. The van der Waals surface area contributed by atoms with E-state index in [4.69, 9.17) is 4.74 Å². The van der Waals surface area contributed by atoms with E-state index in [0.717, 1.165) is 26.1 Å². The molecule has 3 nitrogen and oxygen atoms in total. The van der Waals surface area contributed by atoms with E-state index in [-0.39, 0.29) is 5.97 Å². The van der Waals surface area contributed by atoms with Crippen molar-refractivity contribution in [3.8, 4) is 0 Å². The molecular weight excluding hydrogens is 282 g/mol. The molecule has 2 rings (SSSR count). The van der Waals surface area contributed by atoms with Gasteiger partial charge in [0.25, 0.3) is 0 Å². The maximum Gasteiger partial charge on any atom is 0.311 e. The van der Waals surface area contributed by atoms with Crippen molar-refractivity contribution in [1.29, 1.82) is 0 Å². The molecule has 0 fully saturated rings. The number of hydrogen-bond donors (Lipinski definition) is 0. The van der Waals surface area contributed by atoms with Crippen molar-refractivity contribution in [3.63, 3.8) is 0 Å². The second-order valence-electron chi connectivity index (χ2n) is 5.34. The standard InChI is InChI=1S/C17H25NO2S/c1-3-18(4-2)10-11-20-17(19)13-16-15(9-12-21-16)14-7-5-6-8-14/h5,7,9,12,14H,3-4,6,8,10-11,13H2,1-2H3. The summed E-state index contributed by atoms with van der Waals surface area (Å²) in [6.45, 7) is 7.55. The lowest BCUT2D eigenvalue weighted by atomic mass is 9.98. The van der Waals surface area contributed by atoms with Crippen molar-refractivity contribution >= 4 is 17.3 Å². The molecular formula is C17H25NO2S. The van der Waals surface area contributed by atoms with Crippen LogP contribution in [0.3, 0.4) is 0 Å². The van der Waals surface area contributed by atoms with Crippen LogP contribution in [0, 0.1) is 0 Å². The molecule has 0 amide bonds. The van der Waals surface area contributed by atoms with Crippen molar-refractivity contribution in [1.82, 2.24) is 4.90 Å². The van der Waals surface area contributed by atoms with E-state index in [1.807, 2.05) is 0 Å². The predicted molar refractivity (Wildman–Crippen MR) is 87.9 cm³/mol. The first kappa shape index (κ1) is 16.2. The fourth-order valence-corrected chi connectivity index (χ4v) is 3.66. The van der Waals surface area contributed by atoms with Gasteiger partial charge in [0.05, 0.1) is 6.42 Å². The Morgan fingerprint density at radius 1 is 1.43 bits per heavy atom. The molecule has 0 aromatic carbocycles. The third-order valence-corrected chi connectivity index (χ3v) is 5.00. The van der Waals surface area contributed by atoms with Gasteiger partial charge in [-0.1, -0.05) is 26.0 Å². The molecule has 4 heteroatoms. The SMILES string of the molecule is CCN(CC)CCOC(=O)Cc1sccc1C1C=CCC1. The molecule has 21 heavy (non-hydrogen) atoms. The van der Waals surface area contributed by atoms with Crippen LogP contribution in [-0.4, -0.2) is 37.1 Å². The summed E-state index contributed by atoms with van der Waals surface area (Å²) in [4.78, 5) is 15.4. The third-order valence-electron chi connectivity index (χ3n) is 4.06. The summed E-state index contributed by atoms with van der Waals surface area (Å²) in [5, 5.41) is 2.08. The Morgan fingerprint density at radius 2 is 2.24 bits per heavy atom. The molecule has 0 radical (unpaired) electrons. The number of carbonyl (C=O) groups excluding carboxylic acids is 1. The average Bonchev–Trinajstić information content (AvgIpc) is 3.14. The van der Waals surface area contributed by atoms with Crippen LogP contribution in [0.1, 0.15) is 43.0 Å². The van der Waals surface area contributed by atoms with E-state index in [9.17, 15) is 4.79 Å². The minimum atomic E-state index is -0.104. The van der Waals surface area contributed by atoms with Gasteiger partial charge in [0, 0.05) is 17.3 Å². The second-order valence-corrected chi connectivity index (χ2v) is 6.34. The van der Waals surface area contributed by atoms with Gasteiger partial charge in [0.15, 0.2) is 0 Å². The van der Waals surface area contributed by atoms with Gasteiger partial charge >= 0.3 is 5.97 Å². The molecule has 1 unspecified atom stereocenters. The minimum Gasteiger partial charge on any atom is -0.464 e. The number of esters is 1. The molecule has 1 atom stereocenters. The summed E-state index contributed by atoms with van der Waals surface area (Å²) in [5.41, 5.74) is 1.31. The number of hydrogen-bond acceptors (Lipinski definition) is 4. The molecule has 0 saturated carbocycles. The van der Waals surface area contributed by atoms with Gasteiger partial charge in [0.1, 0.15) is 6.61 Å². The molecule has 0 N–H and O–H groups in total. The van der Waals surface area contributed by atoms with Gasteiger partial charge in [-0.15, -0.1) is 11.3 Å². The molecule has 1 aliphatic carbocycles. The molecule has 1 aliphatic rings. The van der Waals surface area contributed by atoms with Gasteiger partial charge in [-0.3, -0.25) is 4.79 Å². The summed E-state index contributed by atoms with van der Waals surface area (Å²) in [7, 11) is 0. The monoisotopic (exact) mass is 307 g/mol. The van der Waals surface area contributed by atoms with Crippen molar-refractivity contribution in [2.75, 3.05) is 26.2 Å². The predicted octanol–water partition coefficient (Wildman–Crippen LogP) is 3.61. The van der Waals surface area contributed by atoms with Crippen LogP contribution < -0.4 is 0 Å². The Bertz CT molecular complexity index is 477. The van der Waals surface area contributed by atoms with Crippen LogP contribution in [0.15, 0.2) is 23.6 Å². The Kier molecular flexibility index (Phi) is 6.46. The third kappa shape index (κ3) is 4.68. The Morgan fingerprint density at radius 3 is 2.90 bits per heavy atom. The zero-order chi connectivity index (χ0) is 15.1. The lowest BCUT2D eigenvalue weighted by Crippen LogP contribution is -2.28. The number of carbonyl (C=O) groups is 1. The van der Waals surface area contributed by atoms with E-state index in [2.05, 4.69) is 42.3 Å². The number of ether oxygens (including phenoxy) is 1. The van der Waals surface area contributed by atoms with E-state index < -0.39 is 0 Å². The highest BCUT2D eigenvalue weighted by molar-refractivity contribution is 7.10. The van der Waals surface area contributed by atoms with E-state index >= 15 is 0 Å². The number of likely N-dealkylation sites (N-methyl/N-ethyl adjacent to an activating group) is 1. The fraction of sp³-hybridized carbons (Fsp3) is 0.588. The number of thiophene rings is 1. The summed E-state index contributed by atoms with van der Waals surface area (Å²) in [5.74, 6) is 0.391. The molecule has 1 aromatic heterocycles. The Hall–Kier alpha value is -1.13. The highest BCUT2D eigenvalue weighted by atomic mass is 32.1. The van der Waals surface area contributed by atoms with Crippen LogP contribution in [0.2, 0.25) is 0 Å². The van der Waals surface area contributed by atoms with Gasteiger partial charge in [0.2, 0.25) is 0 Å². The van der Waals surface area contributed by atoms with Crippen molar-refractivity contribution in [2.45, 2.75) is 39.0 Å². The van der Waals surface area contributed by atoms with Crippen LogP contribution in [0.5, 0.6) is 0 Å². The Labute approximate surface area is 131 Å². The molecule has 116 valence electrons. The van der Waals surface area contributed by atoms with Crippen molar-refractivity contribution < 1.29 is 9.53 Å². The van der Waals surface area contributed by atoms with Crippen LogP contribution in [0.4, 0.5) is 0 Å². The minimum absolute atomic E-state index is 0.104. The lowest BCUT2D eigenvalue weighted by Gasteiger charge is -2.17. The van der Waals surface area contributed by atoms with E-state index in [0.29, 0.717) is 18.9 Å². The molecule has 1 heterocycles. The first-order chi connectivity index (χ1) is 10.2. The van der Waals surface area contributed by atoms with Gasteiger partial charge in [-0.25, -0.2) is 0 Å². The lowest BCUT2D eigenvalue weighted by molar-refractivity contribution is -0.143. The largest absolute Gasteiger partial charge is 0.464 e.